The van der Waals surface area contributed by atoms with Gasteiger partial charge in [-0.25, -0.2) is 0 Å². The Kier molecular flexibility index (Phi) is 3.03. The van der Waals surface area contributed by atoms with Crippen molar-refractivity contribution in [3.8, 4) is 0 Å². The highest BCUT2D eigenvalue weighted by molar-refractivity contribution is 5.96. The third kappa shape index (κ3) is 2.09. The van der Waals surface area contributed by atoms with Crippen molar-refractivity contribution in [1.82, 2.24) is 4.90 Å². The van der Waals surface area contributed by atoms with Crippen molar-refractivity contribution in [3.63, 3.8) is 0 Å². The minimum Gasteiger partial charge on any atom is -0.451 e. The number of aliphatic hydroxyl groups is 2. The zero-order valence-corrected chi connectivity index (χ0v) is 11.3. The molecule has 0 saturated carbocycles. The largest absolute Gasteiger partial charge is 0.451 e. The van der Waals surface area contributed by atoms with E-state index in [0.717, 1.165) is 10.9 Å². The Balaban J connectivity index is 1.88. The predicted octanol–water partition coefficient (Wildman–Crippen LogP) is 1.31. The van der Waals surface area contributed by atoms with Gasteiger partial charge in [0.1, 0.15) is 11.2 Å². The number of nitrogens with zero attached hydrogens (tertiary/aromatic N) is 1. The van der Waals surface area contributed by atoms with Crippen molar-refractivity contribution in [2.45, 2.75) is 18.9 Å². The number of carbonyl (C=O) groups excluding carboxylic acids is 1. The van der Waals surface area contributed by atoms with Gasteiger partial charge in [-0.2, -0.15) is 0 Å². The van der Waals surface area contributed by atoms with Gasteiger partial charge in [0.15, 0.2) is 5.76 Å². The van der Waals surface area contributed by atoms with E-state index in [1.165, 1.54) is 4.90 Å². The normalized spacial score (nSPS) is 22.6. The fourth-order valence-electron chi connectivity index (χ4n) is 2.63. The van der Waals surface area contributed by atoms with Gasteiger partial charge in [0, 0.05) is 11.9 Å². The molecule has 0 radical (unpaired) electrons. The highest BCUT2D eigenvalue weighted by atomic mass is 16.4. The summed E-state index contributed by atoms with van der Waals surface area (Å²) in [6, 6.07) is 7.47. The number of hydrogen-bond donors (Lipinski definition) is 2. The summed E-state index contributed by atoms with van der Waals surface area (Å²) in [5, 5.41) is 20.0. The van der Waals surface area contributed by atoms with Crippen LogP contribution in [0.2, 0.25) is 0 Å². The van der Waals surface area contributed by atoms with Crippen LogP contribution in [0, 0.1) is 6.92 Å². The van der Waals surface area contributed by atoms with Gasteiger partial charge in [-0.3, -0.25) is 4.79 Å². The fraction of sp³-hybridized carbons (Fsp3) is 0.400. The molecule has 5 nitrogen and oxygen atoms in total. The monoisotopic (exact) mass is 275 g/mol. The number of amides is 1. The fourth-order valence-corrected chi connectivity index (χ4v) is 2.63. The van der Waals surface area contributed by atoms with Gasteiger partial charge >= 0.3 is 0 Å². The van der Waals surface area contributed by atoms with Crippen LogP contribution in [0.15, 0.2) is 28.7 Å². The number of benzene rings is 1. The van der Waals surface area contributed by atoms with Crippen LogP contribution < -0.4 is 0 Å². The second kappa shape index (κ2) is 4.61. The van der Waals surface area contributed by atoms with Gasteiger partial charge in [0.25, 0.3) is 5.91 Å². The van der Waals surface area contributed by atoms with Gasteiger partial charge in [-0.15, -0.1) is 0 Å². The van der Waals surface area contributed by atoms with Crippen LogP contribution in [0.4, 0.5) is 0 Å². The van der Waals surface area contributed by atoms with E-state index in [9.17, 15) is 9.90 Å². The van der Waals surface area contributed by atoms with Crippen LogP contribution in [-0.2, 0) is 0 Å². The molecule has 0 spiro atoms. The molecule has 0 bridgehead atoms. The van der Waals surface area contributed by atoms with Crippen LogP contribution in [0.25, 0.3) is 11.0 Å². The summed E-state index contributed by atoms with van der Waals surface area (Å²) >= 11 is 0. The van der Waals surface area contributed by atoms with Gasteiger partial charge in [-0.1, -0.05) is 18.2 Å². The topological polar surface area (TPSA) is 73.9 Å². The number of fused-ring (bicyclic) bond motifs is 1. The summed E-state index contributed by atoms with van der Waals surface area (Å²) in [4.78, 5) is 13.9. The van der Waals surface area contributed by atoms with Crippen LogP contribution in [0.3, 0.4) is 0 Å². The number of aryl methyl sites for hydroxylation is 1. The Bertz CT molecular complexity index is 663. The lowest BCUT2D eigenvalue weighted by Gasteiger charge is -2.20. The zero-order chi connectivity index (χ0) is 14.3. The van der Waals surface area contributed by atoms with Crippen molar-refractivity contribution in [1.29, 1.82) is 0 Å². The molecule has 1 saturated heterocycles. The smallest absolute Gasteiger partial charge is 0.289 e. The Hall–Kier alpha value is -1.85. The summed E-state index contributed by atoms with van der Waals surface area (Å²) in [6.07, 6.45) is 0.383. The molecule has 1 unspecified atom stereocenters. The summed E-state index contributed by atoms with van der Waals surface area (Å²) in [6.45, 7) is 2.15. The van der Waals surface area contributed by atoms with E-state index < -0.39 is 5.60 Å². The predicted molar refractivity (Wildman–Crippen MR) is 73.5 cm³/mol. The van der Waals surface area contributed by atoms with Gasteiger partial charge in [0.2, 0.25) is 0 Å². The number of likely N-dealkylation sites (tertiary alicyclic amines) is 1. The first-order valence-corrected chi connectivity index (χ1v) is 6.64. The molecule has 5 heteroatoms. The number of para-hydroxylation sites is 1. The second-order valence-electron chi connectivity index (χ2n) is 5.46. The zero-order valence-electron chi connectivity index (χ0n) is 11.3. The molecule has 1 aliphatic rings. The number of β-amino-alcohol motifs (C(OH)–C–C–N with tert-alkyl or cyclic N) is 1. The molecular formula is C15H17NO4. The maximum Gasteiger partial charge on any atom is 0.289 e. The molecule has 20 heavy (non-hydrogen) atoms. The minimum atomic E-state index is -1.18. The lowest BCUT2D eigenvalue weighted by Crippen LogP contribution is -2.38. The molecule has 106 valence electrons. The highest BCUT2D eigenvalue weighted by Crippen LogP contribution is 2.26. The van der Waals surface area contributed by atoms with Crippen molar-refractivity contribution < 1.29 is 19.4 Å². The first-order valence-electron chi connectivity index (χ1n) is 6.64. The average molecular weight is 275 g/mol. The second-order valence-corrected chi connectivity index (χ2v) is 5.46. The van der Waals surface area contributed by atoms with E-state index in [1.807, 2.05) is 25.1 Å². The van der Waals surface area contributed by atoms with Gasteiger partial charge in [-0.05, 0) is 25.0 Å². The molecule has 0 aliphatic carbocycles. The van der Waals surface area contributed by atoms with Crippen molar-refractivity contribution in [2.75, 3.05) is 19.7 Å². The standard InChI is InChI=1S/C15H17NO4/c1-10-3-2-4-11-7-12(20-13(10)11)14(18)16-6-5-15(19,8-16)9-17/h2-4,7,17,19H,5-6,8-9H2,1H3. The van der Waals surface area contributed by atoms with Crippen molar-refractivity contribution in [3.05, 3.63) is 35.6 Å². The van der Waals surface area contributed by atoms with Crippen LogP contribution in [0.1, 0.15) is 22.5 Å². The van der Waals surface area contributed by atoms with Crippen molar-refractivity contribution in [2.24, 2.45) is 0 Å². The Labute approximate surface area is 116 Å². The van der Waals surface area contributed by atoms with Crippen LogP contribution >= 0.6 is 0 Å². The molecule has 3 rings (SSSR count). The Morgan fingerprint density at radius 2 is 2.30 bits per heavy atom. The van der Waals surface area contributed by atoms with Crippen molar-refractivity contribution >= 4 is 16.9 Å². The van der Waals surface area contributed by atoms with E-state index in [4.69, 9.17) is 9.52 Å². The lowest BCUT2D eigenvalue weighted by atomic mass is 10.1. The number of carbonyl (C=O) groups is 1. The maximum absolute atomic E-state index is 12.4. The summed E-state index contributed by atoms with van der Waals surface area (Å²) < 4.78 is 5.64. The van der Waals surface area contributed by atoms with E-state index in [1.54, 1.807) is 6.07 Å². The molecular weight excluding hydrogens is 258 g/mol. The number of aliphatic hydroxyl groups excluding tert-OH is 1. The first kappa shape index (κ1) is 13.1. The minimum absolute atomic E-state index is 0.137. The SMILES string of the molecule is Cc1cccc2cc(C(=O)N3CCC(O)(CO)C3)oc12. The maximum atomic E-state index is 12.4. The molecule has 1 aliphatic heterocycles. The summed E-state index contributed by atoms with van der Waals surface area (Å²) in [7, 11) is 0. The molecule has 1 aromatic heterocycles. The first-order chi connectivity index (χ1) is 9.52. The third-order valence-corrected chi connectivity index (χ3v) is 3.87. The molecule has 1 amide bonds. The summed E-state index contributed by atoms with van der Waals surface area (Å²) in [5.74, 6) is 0.0291. The Morgan fingerprint density at radius 1 is 1.50 bits per heavy atom. The van der Waals surface area contributed by atoms with Crippen LogP contribution in [0.5, 0.6) is 0 Å². The molecule has 1 aromatic carbocycles. The van der Waals surface area contributed by atoms with Gasteiger partial charge < -0.3 is 19.5 Å². The van der Waals surface area contributed by atoms with Gasteiger partial charge in [0.05, 0.1) is 13.2 Å². The van der Waals surface area contributed by atoms with Crippen LogP contribution in [-0.4, -0.2) is 46.3 Å². The quantitative estimate of drug-likeness (QED) is 0.866. The molecule has 1 fully saturated rings. The molecule has 1 atom stereocenters. The number of rotatable bonds is 2. The number of hydrogen-bond acceptors (Lipinski definition) is 4. The Morgan fingerprint density at radius 3 is 2.95 bits per heavy atom. The van der Waals surface area contributed by atoms with E-state index in [2.05, 4.69) is 0 Å². The van der Waals surface area contributed by atoms with E-state index in [0.29, 0.717) is 18.5 Å². The number of furan rings is 1. The van der Waals surface area contributed by atoms with E-state index in [-0.39, 0.29) is 24.8 Å². The third-order valence-electron chi connectivity index (χ3n) is 3.87. The summed E-state index contributed by atoms with van der Waals surface area (Å²) in [5.41, 5.74) is 0.514. The molecule has 2 aromatic rings. The highest BCUT2D eigenvalue weighted by Gasteiger charge is 2.38. The lowest BCUT2D eigenvalue weighted by molar-refractivity contribution is -0.00477. The molecule has 2 heterocycles. The molecule has 2 N–H and O–H groups in total. The van der Waals surface area contributed by atoms with E-state index >= 15 is 0 Å². The average Bonchev–Trinajstić information content (AvgIpc) is 3.03.